The van der Waals surface area contributed by atoms with Crippen molar-refractivity contribution in [2.75, 3.05) is 47.0 Å². The highest BCUT2D eigenvalue weighted by Crippen LogP contribution is 2.44. The van der Waals surface area contributed by atoms with E-state index in [1.54, 1.807) is 19.1 Å². The number of allylic oxidation sites excluding steroid dienone is 1. The summed E-state index contributed by atoms with van der Waals surface area (Å²) in [6.07, 6.45) is 6.77. The first-order valence-corrected chi connectivity index (χ1v) is 16.8. The maximum atomic E-state index is 16.1. The number of thiophene rings is 1. The lowest BCUT2D eigenvalue weighted by Crippen LogP contribution is -2.41. The minimum Gasteiger partial charge on any atom is -0.493 e. The topological polar surface area (TPSA) is 108 Å². The quantitative estimate of drug-likeness (QED) is 0.174. The summed E-state index contributed by atoms with van der Waals surface area (Å²) >= 11 is 1.41. The summed E-state index contributed by atoms with van der Waals surface area (Å²) in [5.41, 5.74) is 5.15. The fourth-order valence-electron chi connectivity index (χ4n) is 5.99. The monoisotopic (exact) mass is 679 g/mol. The Morgan fingerprint density at radius 3 is 2.79 bits per heavy atom. The zero-order chi connectivity index (χ0) is 34.4. The molecule has 48 heavy (non-hydrogen) atoms. The van der Waals surface area contributed by atoms with Crippen LogP contribution in [0.3, 0.4) is 0 Å². The average molecular weight is 680 g/mol. The van der Waals surface area contributed by atoms with Gasteiger partial charge in [-0.1, -0.05) is 6.58 Å². The average Bonchev–Trinajstić information content (AvgIpc) is 3.60. The van der Waals surface area contributed by atoms with Gasteiger partial charge < -0.3 is 25.1 Å². The number of benzene rings is 1. The van der Waals surface area contributed by atoms with E-state index in [2.05, 4.69) is 17.3 Å². The van der Waals surface area contributed by atoms with Crippen molar-refractivity contribution in [1.29, 1.82) is 0 Å². The Kier molecular flexibility index (Phi) is 11.3. The van der Waals surface area contributed by atoms with Crippen molar-refractivity contribution in [1.82, 2.24) is 20.6 Å². The second kappa shape index (κ2) is 15.6. The molecule has 2 aliphatic rings. The summed E-state index contributed by atoms with van der Waals surface area (Å²) in [6.45, 7) is 9.35. The highest BCUT2D eigenvalue weighted by molar-refractivity contribution is 7.18. The van der Waals surface area contributed by atoms with Crippen molar-refractivity contribution in [2.24, 2.45) is 11.0 Å². The number of carbonyl (C=O) groups is 2. The van der Waals surface area contributed by atoms with Gasteiger partial charge in [0.15, 0.2) is 0 Å². The number of hydrogen-bond acceptors (Lipinski definition) is 8. The van der Waals surface area contributed by atoms with Crippen LogP contribution < -0.4 is 15.5 Å². The summed E-state index contributed by atoms with van der Waals surface area (Å²) in [7, 11) is 3.21. The van der Waals surface area contributed by atoms with Gasteiger partial charge in [0.25, 0.3) is 0 Å². The Morgan fingerprint density at radius 2 is 2.08 bits per heavy atom. The molecule has 10 nitrogen and oxygen atoms in total. The SMILES string of the molecule is C=CC(=O)N1CCN/N=C(c2nc([N+]3=CCC(C(=O)NC)CC3)c3ccsc3c2-c2c(F)cc(F)cc2OCCCOC)\C=C(/C)[C@H]1C. The van der Waals surface area contributed by atoms with Crippen LogP contribution in [0, 0.1) is 17.6 Å². The zero-order valence-electron chi connectivity index (χ0n) is 27.6. The normalized spacial score (nSPS) is 20.6. The highest BCUT2D eigenvalue weighted by Gasteiger charge is 2.34. The van der Waals surface area contributed by atoms with Crippen LogP contribution in [0.25, 0.3) is 21.2 Å². The minimum absolute atomic E-state index is 0.00915. The maximum Gasteiger partial charge on any atom is 0.332 e. The molecule has 0 aliphatic carbocycles. The molecule has 0 bridgehead atoms. The number of ether oxygens (including phenoxy) is 2. The molecule has 13 heteroatoms. The molecule has 2 atom stereocenters. The number of nitrogens with zero attached hydrogens (tertiary/aromatic N) is 4. The first-order valence-electron chi connectivity index (χ1n) is 15.9. The van der Waals surface area contributed by atoms with Gasteiger partial charge in [-0.15, -0.1) is 11.3 Å². The number of hydrazone groups is 1. The number of carbonyl (C=O) groups excluding carboxylic acids is 2. The maximum absolute atomic E-state index is 16.1. The van der Waals surface area contributed by atoms with Crippen LogP contribution in [-0.4, -0.2) is 91.2 Å². The molecule has 2 N–H and O–H groups in total. The molecule has 1 aromatic carbocycles. The molecule has 5 rings (SSSR count). The van der Waals surface area contributed by atoms with E-state index < -0.39 is 11.6 Å². The number of methoxy groups -OCH3 is 1. The molecule has 1 unspecified atom stereocenters. The standard InChI is InChI=1S/C35H40F2N6O4S/c1-6-29(44)43-14-11-39-41-27(18-21(2)22(43)3)32-31(30-26(37)19-24(36)20-28(30)47-16-7-15-46-5)33-25(10-17-48-33)34(40-32)42-12-8-23(9-13-42)35(45)38-4/h6,10,12,17-20,22-23H,1,7-9,11,13-16H2,2-5H3,(H-,38,39,40,45)/p+1/b21-18+/t22-,23?/m1/s1. The Balaban J connectivity index is 1.76. The number of hydrogen-bond donors (Lipinski definition) is 2. The van der Waals surface area contributed by atoms with Gasteiger partial charge in [0.2, 0.25) is 17.5 Å². The number of halogens is 2. The molecule has 2 aromatic heterocycles. The van der Waals surface area contributed by atoms with Crippen molar-refractivity contribution in [3.63, 3.8) is 0 Å². The van der Waals surface area contributed by atoms with Gasteiger partial charge in [-0.2, -0.15) is 5.10 Å². The van der Waals surface area contributed by atoms with Crippen LogP contribution >= 0.6 is 11.3 Å². The molecule has 4 heterocycles. The molecule has 0 spiro atoms. The van der Waals surface area contributed by atoms with E-state index in [4.69, 9.17) is 19.6 Å². The van der Waals surface area contributed by atoms with Crippen molar-refractivity contribution >= 4 is 51.0 Å². The van der Waals surface area contributed by atoms with E-state index >= 15 is 4.39 Å². The first kappa shape index (κ1) is 34.8. The van der Waals surface area contributed by atoms with Crippen molar-refractivity contribution in [2.45, 2.75) is 39.2 Å². The number of amides is 2. The molecule has 3 aromatic rings. The third-order valence-electron chi connectivity index (χ3n) is 8.68. The van der Waals surface area contributed by atoms with E-state index in [-0.39, 0.29) is 41.7 Å². The van der Waals surface area contributed by atoms with Crippen LogP contribution in [-0.2, 0) is 14.3 Å². The zero-order valence-corrected chi connectivity index (χ0v) is 28.5. The van der Waals surface area contributed by atoms with Gasteiger partial charge in [-0.3, -0.25) is 9.59 Å². The summed E-state index contributed by atoms with van der Waals surface area (Å²) in [5.74, 6) is -1.25. The van der Waals surface area contributed by atoms with E-state index in [1.165, 1.54) is 23.5 Å². The van der Waals surface area contributed by atoms with Gasteiger partial charge >= 0.3 is 5.82 Å². The van der Waals surface area contributed by atoms with E-state index in [0.29, 0.717) is 73.0 Å². The van der Waals surface area contributed by atoms with Crippen LogP contribution in [0.15, 0.2) is 53.0 Å². The fraction of sp³-hybridized carbons (Fsp3) is 0.400. The smallest absolute Gasteiger partial charge is 0.332 e. The number of nitrogens with one attached hydrogen (secondary N) is 2. The lowest BCUT2D eigenvalue weighted by Gasteiger charge is -2.28. The third kappa shape index (κ3) is 7.31. The summed E-state index contributed by atoms with van der Waals surface area (Å²) in [6, 6.07) is 3.66. The lowest BCUT2D eigenvalue weighted by molar-refractivity contribution is -0.445. The minimum atomic E-state index is -0.798. The molecule has 2 amide bonds. The first-order chi connectivity index (χ1) is 23.2. The summed E-state index contributed by atoms with van der Waals surface area (Å²) in [5, 5.41) is 10.1. The van der Waals surface area contributed by atoms with Gasteiger partial charge in [-0.25, -0.2) is 13.4 Å². The van der Waals surface area contributed by atoms with E-state index in [0.717, 1.165) is 17.0 Å². The second-order valence-electron chi connectivity index (χ2n) is 11.7. The van der Waals surface area contributed by atoms with Gasteiger partial charge in [0.05, 0.1) is 53.2 Å². The van der Waals surface area contributed by atoms with E-state index in [1.807, 2.05) is 42.2 Å². The number of fused-ring (bicyclic) bond motifs is 1. The van der Waals surface area contributed by atoms with Crippen molar-refractivity contribution in [3.05, 3.63) is 65.2 Å². The van der Waals surface area contributed by atoms with Gasteiger partial charge in [0, 0.05) is 58.2 Å². The van der Waals surface area contributed by atoms with Gasteiger partial charge in [0.1, 0.15) is 23.1 Å². The fourth-order valence-corrected chi connectivity index (χ4v) is 6.93. The Hall–Kier alpha value is -4.49. The van der Waals surface area contributed by atoms with Crippen molar-refractivity contribution in [3.8, 4) is 16.9 Å². The number of rotatable bonds is 10. The van der Waals surface area contributed by atoms with Crippen LogP contribution in [0.4, 0.5) is 14.6 Å². The lowest BCUT2D eigenvalue weighted by atomic mass is 9.95. The predicted molar refractivity (Wildman–Crippen MR) is 184 cm³/mol. The largest absolute Gasteiger partial charge is 0.493 e. The molecule has 254 valence electrons. The summed E-state index contributed by atoms with van der Waals surface area (Å²) in [4.78, 5) is 32.0. The second-order valence-corrected chi connectivity index (χ2v) is 12.6. The van der Waals surface area contributed by atoms with Gasteiger partial charge in [-0.05, 0) is 54.4 Å². The molecule has 0 radical (unpaired) electrons. The number of aromatic nitrogens is 1. The molecule has 0 fully saturated rings. The predicted octanol–water partition coefficient (Wildman–Crippen LogP) is 5.18. The molecule has 0 saturated carbocycles. The van der Waals surface area contributed by atoms with E-state index in [9.17, 15) is 14.0 Å². The molecular formula is C35H41F2N6O4S+. The summed E-state index contributed by atoms with van der Waals surface area (Å²) < 4.78 is 44.8. The van der Waals surface area contributed by atoms with Crippen LogP contribution in [0.1, 0.15) is 38.8 Å². The molecule has 2 aliphatic heterocycles. The Bertz CT molecular complexity index is 1800. The third-order valence-corrected chi connectivity index (χ3v) is 9.61. The molecule has 0 saturated heterocycles. The highest BCUT2D eigenvalue weighted by atomic mass is 32.1. The number of pyridine rings is 1. The molecular weight excluding hydrogens is 638 g/mol. The van der Waals surface area contributed by atoms with Crippen molar-refractivity contribution < 1.29 is 32.4 Å². The van der Waals surface area contributed by atoms with Crippen LogP contribution in [0.5, 0.6) is 5.75 Å². The van der Waals surface area contributed by atoms with Crippen LogP contribution in [0.2, 0.25) is 0 Å². The Morgan fingerprint density at radius 1 is 1.27 bits per heavy atom. The Labute approximate surface area is 282 Å².